The first-order valence-corrected chi connectivity index (χ1v) is 8.50. The summed E-state index contributed by atoms with van der Waals surface area (Å²) in [4.78, 5) is 27.5. The second kappa shape index (κ2) is 7.24. The molecule has 0 fully saturated rings. The fourth-order valence-electron chi connectivity index (χ4n) is 2.60. The minimum absolute atomic E-state index is 0.109. The van der Waals surface area contributed by atoms with Crippen molar-refractivity contribution in [2.75, 3.05) is 26.0 Å². The van der Waals surface area contributed by atoms with Crippen LogP contribution in [0.1, 0.15) is 47.5 Å². The van der Waals surface area contributed by atoms with Gasteiger partial charge in [-0.1, -0.05) is 0 Å². The van der Waals surface area contributed by atoms with Crippen molar-refractivity contribution in [2.24, 2.45) is 0 Å². The van der Waals surface area contributed by atoms with E-state index >= 15 is 0 Å². The highest BCUT2D eigenvalue weighted by atomic mass is 32.1. The molecule has 0 saturated carbocycles. The number of anilines is 1. The zero-order valence-corrected chi connectivity index (χ0v) is 14.5. The first kappa shape index (κ1) is 17.0. The minimum atomic E-state index is -0.324. The zero-order valence-electron chi connectivity index (χ0n) is 13.7. The monoisotopic (exact) mass is 324 g/mol. The molecule has 1 amide bonds. The zero-order chi connectivity index (χ0) is 16.3. The second-order valence-corrected chi connectivity index (χ2v) is 7.26. The standard InChI is InChI=1S/C16H24N2O3S/c1-10(2)21-16(20)14-11-7-5-6-8-12(11)22-15(14)17-13(19)9-18(3)4/h10H,5-9H2,1-4H3,(H,17,19). The van der Waals surface area contributed by atoms with E-state index in [2.05, 4.69) is 5.32 Å². The van der Waals surface area contributed by atoms with Crippen molar-refractivity contribution in [3.8, 4) is 0 Å². The molecule has 0 aromatic carbocycles. The summed E-state index contributed by atoms with van der Waals surface area (Å²) in [6.45, 7) is 3.96. The topological polar surface area (TPSA) is 58.6 Å². The third-order valence-electron chi connectivity index (χ3n) is 3.43. The Bertz CT molecular complexity index is 564. The van der Waals surface area contributed by atoms with Crippen LogP contribution < -0.4 is 5.32 Å². The Kier molecular flexibility index (Phi) is 5.58. The van der Waals surface area contributed by atoms with Gasteiger partial charge in [0.05, 0.1) is 18.2 Å². The lowest BCUT2D eigenvalue weighted by Gasteiger charge is -2.14. The number of hydrogen-bond acceptors (Lipinski definition) is 5. The predicted molar refractivity (Wildman–Crippen MR) is 88.7 cm³/mol. The summed E-state index contributed by atoms with van der Waals surface area (Å²) in [5, 5.41) is 3.53. The van der Waals surface area contributed by atoms with Gasteiger partial charge in [0.2, 0.25) is 5.91 Å². The van der Waals surface area contributed by atoms with Crippen LogP contribution in [0.15, 0.2) is 0 Å². The number of nitrogens with zero attached hydrogens (tertiary/aromatic N) is 1. The van der Waals surface area contributed by atoms with Crippen LogP contribution in [0.5, 0.6) is 0 Å². The minimum Gasteiger partial charge on any atom is -0.459 e. The van der Waals surface area contributed by atoms with Crippen LogP contribution in [0.4, 0.5) is 5.00 Å². The molecule has 22 heavy (non-hydrogen) atoms. The van der Waals surface area contributed by atoms with Crippen LogP contribution in [-0.4, -0.2) is 43.5 Å². The number of nitrogens with one attached hydrogen (secondary N) is 1. The summed E-state index contributed by atoms with van der Waals surface area (Å²) in [5.74, 6) is -0.434. The fraction of sp³-hybridized carbons (Fsp3) is 0.625. The van der Waals surface area contributed by atoms with E-state index in [0.29, 0.717) is 17.1 Å². The van der Waals surface area contributed by atoms with Gasteiger partial charge in [0.25, 0.3) is 0 Å². The molecule has 1 N–H and O–H groups in total. The summed E-state index contributed by atoms with van der Waals surface area (Å²) in [6.07, 6.45) is 3.91. The Hall–Kier alpha value is -1.40. The number of thiophene rings is 1. The van der Waals surface area contributed by atoms with Gasteiger partial charge in [-0.25, -0.2) is 4.79 Å². The average Bonchev–Trinajstić information content (AvgIpc) is 2.74. The molecular weight excluding hydrogens is 300 g/mol. The Morgan fingerprint density at radius 2 is 1.95 bits per heavy atom. The molecular formula is C16H24N2O3S. The first-order valence-electron chi connectivity index (χ1n) is 7.68. The molecule has 122 valence electrons. The van der Waals surface area contributed by atoms with Crippen molar-refractivity contribution in [1.29, 1.82) is 0 Å². The van der Waals surface area contributed by atoms with E-state index in [9.17, 15) is 9.59 Å². The number of carbonyl (C=O) groups excluding carboxylic acids is 2. The van der Waals surface area contributed by atoms with Gasteiger partial charge >= 0.3 is 5.97 Å². The van der Waals surface area contributed by atoms with Gasteiger partial charge in [-0.05, 0) is 59.2 Å². The number of carbonyl (C=O) groups is 2. The third kappa shape index (κ3) is 4.08. The fourth-order valence-corrected chi connectivity index (χ4v) is 3.89. The van der Waals surface area contributed by atoms with Crippen molar-refractivity contribution in [2.45, 2.75) is 45.6 Å². The van der Waals surface area contributed by atoms with Crippen molar-refractivity contribution in [3.63, 3.8) is 0 Å². The van der Waals surface area contributed by atoms with Crippen LogP contribution in [0.2, 0.25) is 0 Å². The lowest BCUT2D eigenvalue weighted by atomic mass is 9.95. The quantitative estimate of drug-likeness (QED) is 0.846. The maximum Gasteiger partial charge on any atom is 0.341 e. The van der Waals surface area contributed by atoms with Crippen LogP contribution in [0.3, 0.4) is 0 Å². The van der Waals surface area contributed by atoms with Crippen molar-refractivity contribution in [3.05, 3.63) is 16.0 Å². The van der Waals surface area contributed by atoms with Gasteiger partial charge in [0, 0.05) is 4.88 Å². The third-order valence-corrected chi connectivity index (χ3v) is 4.64. The molecule has 1 aromatic heterocycles. The molecule has 2 rings (SSSR count). The number of aryl methyl sites for hydroxylation is 1. The molecule has 0 atom stereocenters. The van der Waals surface area contributed by atoms with Crippen molar-refractivity contribution < 1.29 is 14.3 Å². The molecule has 1 aromatic rings. The molecule has 0 aliphatic heterocycles. The Morgan fingerprint density at radius 1 is 1.27 bits per heavy atom. The predicted octanol–water partition coefficient (Wildman–Crippen LogP) is 2.69. The number of fused-ring (bicyclic) bond motifs is 1. The number of ether oxygens (including phenoxy) is 1. The normalized spacial score (nSPS) is 14.1. The number of esters is 1. The van der Waals surface area contributed by atoms with Crippen LogP contribution >= 0.6 is 11.3 Å². The highest BCUT2D eigenvalue weighted by Crippen LogP contribution is 2.38. The van der Waals surface area contributed by atoms with E-state index in [1.807, 2.05) is 27.9 Å². The highest BCUT2D eigenvalue weighted by molar-refractivity contribution is 7.17. The summed E-state index contributed by atoms with van der Waals surface area (Å²) >= 11 is 1.52. The van der Waals surface area contributed by atoms with E-state index in [1.165, 1.54) is 16.2 Å². The smallest absolute Gasteiger partial charge is 0.341 e. The summed E-state index contributed by atoms with van der Waals surface area (Å²) < 4.78 is 5.37. The average molecular weight is 324 g/mol. The van der Waals surface area contributed by atoms with Gasteiger partial charge < -0.3 is 15.0 Å². The van der Waals surface area contributed by atoms with E-state index in [1.54, 1.807) is 4.90 Å². The number of hydrogen-bond donors (Lipinski definition) is 1. The van der Waals surface area contributed by atoms with E-state index < -0.39 is 0 Å². The molecule has 0 radical (unpaired) electrons. The first-order chi connectivity index (χ1) is 10.4. The van der Waals surface area contributed by atoms with E-state index in [4.69, 9.17) is 4.74 Å². The highest BCUT2D eigenvalue weighted by Gasteiger charge is 2.27. The van der Waals surface area contributed by atoms with Crippen molar-refractivity contribution in [1.82, 2.24) is 4.90 Å². The maximum absolute atomic E-state index is 12.4. The van der Waals surface area contributed by atoms with E-state index in [0.717, 1.165) is 31.2 Å². The number of amides is 1. The summed E-state index contributed by atoms with van der Waals surface area (Å²) in [7, 11) is 3.68. The summed E-state index contributed by atoms with van der Waals surface area (Å²) in [6, 6.07) is 0. The lowest BCUT2D eigenvalue weighted by molar-refractivity contribution is -0.116. The van der Waals surface area contributed by atoms with Gasteiger partial charge in [-0.2, -0.15) is 0 Å². The van der Waals surface area contributed by atoms with E-state index in [-0.39, 0.29) is 18.0 Å². The molecule has 0 spiro atoms. The number of likely N-dealkylation sites (N-methyl/N-ethyl adjacent to an activating group) is 1. The van der Waals surface area contributed by atoms with Crippen molar-refractivity contribution >= 4 is 28.2 Å². The molecule has 1 aliphatic carbocycles. The largest absolute Gasteiger partial charge is 0.459 e. The SMILES string of the molecule is CC(C)OC(=O)c1c(NC(=O)CN(C)C)sc2c1CCCC2. The van der Waals surface area contributed by atoms with Crippen LogP contribution in [-0.2, 0) is 22.4 Å². The molecule has 0 saturated heterocycles. The van der Waals surface area contributed by atoms with Gasteiger partial charge in [-0.3, -0.25) is 4.79 Å². The second-order valence-electron chi connectivity index (χ2n) is 6.16. The molecule has 0 unspecified atom stereocenters. The Morgan fingerprint density at radius 3 is 2.59 bits per heavy atom. The van der Waals surface area contributed by atoms with Gasteiger partial charge in [0.15, 0.2) is 0 Å². The summed E-state index contributed by atoms with van der Waals surface area (Å²) in [5.41, 5.74) is 1.64. The molecule has 5 nitrogen and oxygen atoms in total. The molecule has 6 heteroatoms. The van der Waals surface area contributed by atoms with Crippen LogP contribution in [0, 0.1) is 0 Å². The Labute approximate surface area is 135 Å². The maximum atomic E-state index is 12.4. The van der Waals surface area contributed by atoms with Crippen LogP contribution in [0.25, 0.3) is 0 Å². The molecule has 1 heterocycles. The Balaban J connectivity index is 2.29. The van der Waals surface area contributed by atoms with Gasteiger partial charge in [-0.15, -0.1) is 11.3 Å². The molecule has 1 aliphatic rings. The number of rotatable bonds is 5. The lowest BCUT2D eigenvalue weighted by Crippen LogP contribution is -2.27. The molecule has 0 bridgehead atoms. The van der Waals surface area contributed by atoms with Gasteiger partial charge in [0.1, 0.15) is 5.00 Å².